The molecular formula is C22H22N4O2. The molecule has 1 N–H and O–H groups in total. The molecule has 0 radical (unpaired) electrons. The Labute approximate surface area is 162 Å². The third-order valence-electron chi connectivity index (χ3n) is 4.58. The number of ether oxygens (including phenoxy) is 1. The zero-order chi connectivity index (χ0) is 19.9. The van der Waals surface area contributed by atoms with Gasteiger partial charge in [0.25, 0.3) is 0 Å². The zero-order valence-corrected chi connectivity index (χ0v) is 16.4. The summed E-state index contributed by atoms with van der Waals surface area (Å²) in [6.45, 7) is 8.53. The van der Waals surface area contributed by atoms with Crippen LogP contribution in [0.1, 0.15) is 31.9 Å². The molecule has 0 fully saturated rings. The van der Waals surface area contributed by atoms with E-state index < -0.39 is 0 Å². The van der Waals surface area contributed by atoms with Gasteiger partial charge in [0.2, 0.25) is 5.88 Å². The van der Waals surface area contributed by atoms with Crippen LogP contribution in [0.25, 0.3) is 16.9 Å². The number of nitrogens with zero attached hydrogens (tertiary/aromatic N) is 3. The average molecular weight is 374 g/mol. The van der Waals surface area contributed by atoms with Crippen molar-refractivity contribution in [1.29, 1.82) is 0 Å². The molecule has 0 atom stereocenters. The number of rotatable bonds is 3. The maximum atomic E-state index is 12.3. The Hall–Kier alpha value is -3.41. The van der Waals surface area contributed by atoms with Crippen LogP contribution >= 0.6 is 0 Å². The van der Waals surface area contributed by atoms with Gasteiger partial charge in [-0.05, 0) is 36.6 Å². The van der Waals surface area contributed by atoms with Crippen LogP contribution in [0.5, 0.6) is 11.6 Å². The molecule has 142 valence electrons. The fourth-order valence-electron chi connectivity index (χ4n) is 3.18. The van der Waals surface area contributed by atoms with Crippen molar-refractivity contribution in [2.75, 3.05) is 0 Å². The van der Waals surface area contributed by atoms with Crippen LogP contribution in [0, 0.1) is 6.92 Å². The number of fused-ring (bicyclic) bond motifs is 1. The maximum absolute atomic E-state index is 12.3. The molecule has 3 heterocycles. The second-order valence-electron chi connectivity index (χ2n) is 7.85. The summed E-state index contributed by atoms with van der Waals surface area (Å²) in [6, 6.07) is 13.3. The first kappa shape index (κ1) is 18.0. The number of H-pyrrole nitrogens is 1. The van der Waals surface area contributed by atoms with Gasteiger partial charge in [-0.1, -0.05) is 38.5 Å². The zero-order valence-electron chi connectivity index (χ0n) is 16.4. The fraction of sp³-hybridized carbons (Fsp3) is 0.227. The van der Waals surface area contributed by atoms with Crippen molar-refractivity contribution in [3.63, 3.8) is 0 Å². The SMILES string of the molecule is Cc1ccc(Oc2ccc(-n3c(=O)[nH]c4cccnc43)cn2)c(C(C)(C)C)c1. The molecule has 0 saturated carbocycles. The lowest BCUT2D eigenvalue weighted by Crippen LogP contribution is -2.15. The standard InChI is InChI=1S/C22H22N4O2/c1-14-7-9-18(16(12-14)22(2,3)4)28-19-10-8-15(13-24-19)26-20-17(25-21(26)27)6-5-11-23-20/h5-13H,1-4H3,(H,25,27). The third kappa shape index (κ3) is 3.29. The lowest BCUT2D eigenvalue weighted by Gasteiger charge is -2.23. The Morgan fingerprint density at radius 2 is 1.89 bits per heavy atom. The number of nitrogens with one attached hydrogen (secondary N) is 1. The van der Waals surface area contributed by atoms with Gasteiger partial charge < -0.3 is 9.72 Å². The predicted molar refractivity (Wildman–Crippen MR) is 109 cm³/mol. The number of hydrogen-bond donors (Lipinski definition) is 1. The van der Waals surface area contributed by atoms with Crippen molar-refractivity contribution in [1.82, 2.24) is 19.5 Å². The van der Waals surface area contributed by atoms with Crippen LogP contribution in [0.4, 0.5) is 0 Å². The molecule has 0 spiro atoms. The Morgan fingerprint density at radius 1 is 1.07 bits per heavy atom. The normalized spacial score (nSPS) is 11.7. The van der Waals surface area contributed by atoms with Gasteiger partial charge in [0.05, 0.1) is 17.4 Å². The number of pyridine rings is 2. The van der Waals surface area contributed by atoms with Gasteiger partial charge >= 0.3 is 5.69 Å². The molecule has 0 saturated heterocycles. The molecule has 0 unspecified atom stereocenters. The van der Waals surface area contributed by atoms with E-state index in [1.165, 1.54) is 10.1 Å². The fourth-order valence-corrected chi connectivity index (χ4v) is 3.18. The molecular weight excluding hydrogens is 352 g/mol. The minimum absolute atomic E-state index is 0.0513. The molecule has 1 aromatic carbocycles. The van der Waals surface area contributed by atoms with E-state index in [2.05, 4.69) is 48.7 Å². The molecule has 28 heavy (non-hydrogen) atoms. The molecule has 0 aliphatic carbocycles. The van der Waals surface area contributed by atoms with Crippen LogP contribution in [0.2, 0.25) is 0 Å². The molecule has 0 amide bonds. The Morgan fingerprint density at radius 3 is 2.61 bits per heavy atom. The van der Waals surface area contributed by atoms with Gasteiger partial charge in [-0.15, -0.1) is 0 Å². The first-order valence-electron chi connectivity index (χ1n) is 9.14. The lowest BCUT2D eigenvalue weighted by molar-refractivity contribution is 0.439. The average Bonchev–Trinajstić information content (AvgIpc) is 2.99. The highest BCUT2D eigenvalue weighted by Crippen LogP contribution is 2.34. The van der Waals surface area contributed by atoms with Gasteiger partial charge in [0.15, 0.2) is 5.65 Å². The molecule has 6 heteroatoms. The topological polar surface area (TPSA) is 72.8 Å². The molecule has 4 aromatic rings. The van der Waals surface area contributed by atoms with Gasteiger partial charge in [-0.25, -0.2) is 19.3 Å². The van der Waals surface area contributed by atoms with E-state index in [1.54, 1.807) is 30.6 Å². The Balaban J connectivity index is 1.68. The van der Waals surface area contributed by atoms with Crippen molar-refractivity contribution < 1.29 is 4.74 Å². The highest BCUT2D eigenvalue weighted by molar-refractivity contribution is 5.72. The first-order chi connectivity index (χ1) is 13.3. The molecule has 4 rings (SSSR count). The molecule has 0 aliphatic heterocycles. The van der Waals surface area contributed by atoms with Crippen LogP contribution in [0.3, 0.4) is 0 Å². The number of benzene rings is 1. The van der Waals surface area contributed by atoms with Crippen molar-refractivity contribution in [2.45, 2.75) is 33.1 Å². The molecule has 3 aromatic heterocycles. The smallest absolute Gasteiger partial charge is 0.332 e. The summed E-state index contributed by atoms with van der Waals surface area (Å²) >= 11 is 0. The van der Waals surface area contributed by atoms with E-state index >= 15 is 0 Å². The van der Waals surface area contributed by atoms with Crippen LogP contribution in [-0.2, 0) is 5.41 Å². The van der Waals surface area contributed by atoms with Crippen LogP contribution < -0.4 is 10.4 Å². The summed E-state index contributed by atoms with van der Waals surface area (Å²) in [7, 11) is 0. The number of aryl methyl sites for hydroxylation is 1. The summed E-state index contributed by atoms with van der Waals surface area (Å²) in [5, 5.41) is 0. The van der Waals surface area contributed by atoms with Crippen molar-refractivity contribution in [3.05, 3.63) is 76.5 Å². The van der Waals surface area contributed by atoms with E-state index in [0.29, 0.717) is 22.7 Å². The van der Waals surface area contributed by atoms with E-state index in [0.717, 1.165) is 11.3 Å². The monoisotopic (exact) mass is 374 g/mol. The van der Waals surface area contributed by atoms with E-state index in [9.17, 15) is 4.79 Å². The number of aromatic amines is 1. The lowest BCUT2D eigenvalue weighted by atomic mass is 9.85. The summed E-state index contributed by atoms with van der Waals surface area (Å²) in [4.78, 5) is 23.8. The highest BCUT2D eigenvalue weighted by atomic mass is 16.5. The van der Waals surface area contributed by atoms with Gasteiger partial charge in [0.1, 0.15) is 5.75 Å². The summed E-state index contributed by atoms with van der Waals surface area (Å²) in [6.07, 6.45) is 3.27. The van der Waals surface area contributed by atoms with Gasteiger partial charge in [-0.3, -0.25) is 0 Å². The van der Waals surface area contributed by atoms with E-state index in [-0.39, 0.29) is 11.1 Å². The summed E-state index contributed by atoms with van der Waals surface area (Å²) < 4.78 is 7.56. The number of imidazole rings is 1. The molecule has 6 nitrogen and oxygen atoms in total. The second-order valence-corrected chi connectivity index (χ2v) is 7.85. The Kier molecular flexibility index (Phi) is 4.26. The number of hydrogen-bond acceptors (Lipinski definition) is 4. The quantitative estimate of drug-likeness (QED) is 0.573. The third-order valence-corrected chi connectivity index (χ3v) is 4.58. The van der Waals surface area contributed by atoms with Gasteiger partial charge in [0, 0.05) is 17.8 Å². The minimum atomic E-state index is -0.252. The van der Waals surface area contributed by atoms with Crippen LogP contribution in [0.15, 0.2) is 59.7 Å². The predicted octanol–water partition coefficient (Wildman–Crippen LogP) is 4.51. The minimum Gasteiger partial charge on any atom is -0.439 e. The number of aromatic nitrogens is 4. The first-order valence-corrected chi connectivity index (χ1v) is 9.14. The van der Waals surface area contributed by atoms with Crippen LogP contribution in [-0.4, -0.2) is 19.5 Å². The molecule has 0 aliphatic rings. The van der Waals surface area contributed by atoms with E-state index in [4.69, 9.17) is 4.74 Å². The van der Waals surface area contributed by atoms with E-state index in [1.807, 2.05) is 18.2 Å². The molecule has 0 bridgehead atoms. The van der Waals surface area contributed by atoms with Gasteiger partial charge in [-0.2, -0.15) is 0 Å². The maximum Gasteiger partial charge on any atom is 0.332 e. The Bertz CT molecular complexity index is 1200. The second kappa shape index (κ2) is 6.64. The summed E-state index contributed by atoms with van der Waals surface area (Å²) in [5.74, 6) is 1.25. The largest absolute Gasteiger partial charge is 0.439 e. The van der Waals surface area contributed by atoms with Crippen molar-refractivity contribution in [3.8, 4) is 17.3 Å². The van der Waals surface area contributed by atoms with Crippen molar-refractivity contribution >= 4 is 11.2 Å². The highest BCUT2D eigenvalue weighted by Gasteiger charge is 2.20. The summed E-state index contributed by atoms with van der Waals surface area (Å²) in [5.41, 5.74) is 3.88. The van der Waals surface area contributed by atoms with Crippen molar-refractivity contribution in [2.24, 2.45) is 0 Å².